The van der Waals surface area contributed by atoms with E-state index in [1.165, 1.54) is 0 Å². The van der Waals surface area contributed by atoms with Crippen LogP contribution in [0.3, 0.4) is 0 Å². The van der Waals surface area contributed by atoms with Crippen molar-refractivity contribution in [1.29, 1.82) is 0 Å². The molecule has 1 amide bonds. The average Bonchev–Trinajstić information content (AvgIpc) is 3.34. The molecule has 1 saturated heterocycles. The van der Waals surface area contributed by atoms with E-state index in [0.717, 1.165) is 49.4 Å². The molecule has 0 aliphatic carbocycles. The number of aromatic nitrogens is 3. The Morgan fingerprint density at radius 2 is 2.08 bits per heavy atom. The lowest BCUT2D eigenvalue weighted by Crippen LogP contribution is -2.46. The molecule has 5 rings (SSSR count). The molecule has 0 bridgehead atoms. The summed E-state index contributed by atoms with van der Waals surface area (Å²) in [5.41, 5.74) is 3.62. The van der Waals surface area contributed by atoms with Crippen LogP contribution in [0.1, 0.15) is 51.7 Å². The van der Waals surface area contributed by atoms with Crippen LogP contribution in [-0.2, 0) is 17.6 Å². The molecule has 3 aromatic rings. The van der Waals surface area contributed by atoms with Crippen LogP contribution in [-0.4, -0.2) is 71.2 Å². The van der Waals surface area contributed by atoms with E-state index in [0.29, 0.717) is 41.5 Å². The first kappa shape index (κ1) is 24.8. The topological polar surface area (TPSA) is 111 Å². The molecule has 194 valence electrons. The second-order valence-electron chi connectivity index (χ2n) is 9.42. The number of hydrogen-bond acceptors (Lipinski definition) is 8. The number of esters is 1. The Labute approximate surface area is 216 Å². The number of anilines is 2. The van der Waals surface area contributed by atoms with Gasteiger partial charge in [0.05, 0.1) is 25.0 Å². The van der Waals surface area contributed by atoms with Crippen molar-refractivity contribution in [1.82, 2.24) is 24.8 Å². The van der Waals surface area contributed by atoms with Gasteiger partial charge in [0, 0.05) is 41.8 Å². The molecule has 0 radical (unpaired) electrons. The van der Waals surface area contributed by atoms with Gasteiger partial charge in [0.15, 0.2) is 0 Å². The van der Waals surface area contributed by atoms with E-state index in [-0.39, 0.29) is 17.9 Å². The van der Waals surface area contributed by atoms with Crippen LogP contribution in [0.25, 0.3) is 5.82 Å². The summed E-state index contributed by atoms with van der Waals surface area (Å²) < 4.78 is 12.7. The van der Waals surface area contributed by atoms with Gasteiger partial charge in [-0.25, -0.2) is 9.78 Å². The Balaban J connectivity index is 1.35. The van der Waals surface area contributed by atoms with Gasteiger partial charge in [0.2, 0.25) is 5.95 Å². The van der Waals surface area contributed by atoms with Crippen molar-refractivity contribution in [2.75, 3.05) is 39.2 Å². The fraction of sp³-hybridized carbons (Fsp3) is 0.407. The number of ether oxygens (including phenoxy) is 2. The lowest BCUT2D eigenvalue weighted by Gasteiger charge is -2.30. The number of likely N-dealkylation sites (tertiary alicyclic amines) is 1. The third kappa shape index (κ3) is 5.15. The number of likely N-dealkylation sites (N-methyl/N-ethyl adjacent to an activating group) is 1. The molecule has 0 spiro atoms. The largest absolute Gasteiger partial charge is 0.495 e. The van der Waals surface area contributed by atoms with Gasteiger partial charge in [0.25, 0.3) is 5.91 Å². The second-order valence-corrected chi connectivity index (χ2v) is 9.42. The zero-order valence-corrected chi connectivity index (χ0v) is 21.4. The van der Waals surface area contributed by atoms with E-state index in [1.54, 1.807) is 44.5 Å². The van der Waals surface area contributed by atoms with Crippen LogP contribution in [0.2, 0.25) is 0 Å². The van der Waals surface area contributed by atoms with Gasteiger partial charge < -0.3 is 29.6 Å². The van der Waals surface area contributed by atoms with E-state index in [1.807, 2.05) is 10.8 Å². The zero-order valence-electron chi connectivity index (χ0n) is 21.4. The number of rotatable bonds is 7. The lowest BCUT2D eigenvalue weighted by molar-refractivity contribution is 0.0525. The summed E-state index contributed by atoms with van der Waals surface area (Å²) in [6, 6.07) is 7.19. The van der Waals surface area contributed by atoms with Crippen molar-refractivity contribution in [2.24, 2.45) is 0 Å². The number of carbonyl (C=O) groups excluding carboxylic acids is 2. The molecule has 1 fully saturated rings. The number of methoxy groups -OCH3 is 1. The maximum atomic E-state index is 12.9. The van der Waals surface area contributed by atoms with Crippen molar-refractivity contribution in [3.05, 3.63) is 59.0 Å². The molecule has 2 aliphatic heterocycles. The Morgan fingerprint density at radius 1 is 1.22 bits per heavy atom. The number of aryl methyl sites for hydroxylation is 1. The number of benzene rings is 1. The van der Waals surface area contributed by atoms with Gasteiger partial charge >= 0.3 is 5.97 Å². The molecule has 1 aromatic carbocycles. The molecule has 10 heteroatoms. The molecule has 2 aromatic heterocycles. The van der Waals surface area contributed by atoms with Gasteiger partial charge in [-0.15, -0.1) is 0 Å². The number of hydrogen-bond donors (Lipinski definition) is 2. The van der Waals surface area contributed by atoms with Crippen molar-refractivity contribution < 1.29 is 19.1 Å². The van der Waals surface area contributed by atoms with Crippen LogP contribution in [0.4, 0.5) is 11.6 Å². The fourth-order valence-electron chi connectivity index (χ4n) is 5.02. The first-order chi connectivity index (χ1) is 18.0. The molecule has 0 saturated carbocycles. The fourth-order valence-corrected chi connectivity index (χ4v) is 5.02. The molecular weight excluding hydrogens is 472 g/mol. The number of fused-ring (bicyclic) bond motifs is 3. The molecule has 4 heterocycles. The van der Waals surface area contributed by atoms with Crippen LogP contribution in [0.15, 0.2) is 36.7 Å². The minimum absolute atomic E-state index is 0.118. The summed E-state index contributed by atoms with van der Waals surface area (Å²) in [5, 5.41) is 6.35. The molecule has 37 heavy (non-hydrogen) atoms. The standard InChI is InChI=1S/C27H32N6O4/c1-4-37-26(35)20-11-13-33-22(20)10-8-18-15-28-27(31-24(18)33)30-21-9-7-17(14-23(21)36-3)25(34)29-19-6-5-12-32(2)16-19/h7,9,11,13-15,19H,4-6,8,10,12,16H2,1-3H3,(H,29,34)(H,28,30,31). The van der Waals surface area contributed by atoms with E-state index in [2.05, 4.69) is 27.6 Å². The average molecular weight is 505 g/mol. The van der Waals surface area contributed by atoms with E-state index in [4.69, 9.17) is 14.5 Å². The first-order valence-corrected chi connectivity index (χ1v) is 12.6. The Bertz CT molecular complexity index is 1320. The van der Waals surface area contributed by atoms with Gasteiger partial charge in [-0.1, -0.05) is 0 Å². The van der Waals surface area contributed by atoms with Crippen LogP contribution < -0.4 is 15.4 Å². The molecular formula is C27H32N6O4. The van der Waals surface area contributed by atoms with E-state index < -0.39 is 0 Å². The summed E-state index contributed by atoms with van der Waals surface area (Å²) >= 11 is 0. The normalized spacial score (nSPS) is 16.9. The summed E-state index contributed by atoms with van der Waals surface area (Å²) in [6.45, 7) is 4.03. The van der Waals surface area contributed by atoms with E-state index >= 15 is 0 Å². The summed E-state index contributed by atoms with van der Waals surface area (Å²) in [5.74, 6) is 1.19. The lowest BCUT2D eigenvalue weighted by atomic mass is 10.0. The Hall–Kier alpha value is -3.92. The molecule has 2 N–H and O–H groups in total. The first-order valence-electron chi connectivity index (χ1n) is 12.6. The maximum absolute atomic E-state index is 12.9. The Morgan fingerprint density at radius 3 is 2.86 bits per heavy atom. The van der Waals surface area contributed by atoms with E-state index in [9.17, 15) is 9.59 Å². The second kappa shape index (κ2) is 10.6. The van der Waals surface area contributed by atoms with Crippen molar-refractivity contribution in [2.45, 2.75) is 38.6 Å². The molecule has 2 aliphatic rings. The number of piperidine rings is 1. The highest BCUT2D eigenvalue weighted by Gasteiger charge is 2.25. The van der Waals surface area contributed by atoms with Gasteiger partial charge in [-0.2, -0.15) is 4.98 Å². The molecule has 10 nitrogen and oxygen atoms in total. The zero-order chi connectivity index (χ0) is 25.9. The minimum atomic E-state index is -0.323. The van der Waals surface area contributed by atoms with Crippen molar-refractivity contribution in [3.63, 3.8) is 0 Å². The number of nitrogens with one attached hydrogen (secondary N) is 2. The third-order valence-corrected chi connectivity index (χ3v) is 6.86. The molecule has 1 unspecified atom stereocenters. The quantitative estimate of drug-likeness (QED) is 0.473. The summed E-state index contributed by atoms with van der Waals surface area (Å²) in [7, 11) is 3.63. The monoisotopic (exact) mass is 504 g/mol. The van der Waals surface area contributed by atoms with Gasteiger partial charge in [-0.05, 0) is 70.5 Å². The van der Waals surface area contributed by atoms with Crippen molar-refractivity contribution >= 4 is 23.5 Å². The van der Waals surface area contributed by atoms with Crippen LogP contribution >= 0.6 is 0 Å². The maximum Gasteiger partial charge on any atom is 0.339 e. The minimum Gasteiger partial charge on any atom is -0.495 e. The number of amides is 1. The number of carbonyl (C=O) groups is 2. The highest BCUT2D eigenvalue weighted by Crippen LogP contribution is 2.31. The van der Waals surface area contributed by atoms with Gasteiger partial charge in [0.1, 0.15) is 11.6 Å². The molecule has 1 atom stereocenters. The number of nitrogens with zero attached hydrogens (tertiary/aromatic N) is 4. The smallest absolute Gasteiger partial charge is 0.339 e. The van der Waals surface area contributed by atoms with Gasteiger partial charge in [-0.3, -0.25) is 4.79 Å². The Kier molecular flexibility index (Phi) is 7.09. The van der Waals surface area contributed by atoms with Crippen molar-refractivity contribution in [3.8, 4) is 11.6 Å². The van der Waals surface area contributed by atoms with Crippen LogP contribution in [0, 0.1) is 0 Å². The third-order valence-electron chi connectivity index (χ3n) is 6.86. The highest BCUT2D eigenvalue weighted by molar-refractivity contribution is 5.95. The summed E-state index contributed by atoms with van der Waals surface area (Å²) in [4.78, 5) is 36.7. The summed E-state index contributed by atoms with van der Waals surface area (Å²) in [6.07, 6.45) is 7.13. The predicted molar refractivity (Wildman–Crippen MR) is 139 cm³/mol. The SMILES string of the molecule is CCOC(=O)c1ccn2c1CCc1cnc(Nc3ccc(C(=O)NC4CCCN(C)C4)cc3OC)nc1-2. The highest BCUT2D eigenvalue weighted by atomic mass is 16.5. The van der Waals surface area contributed by atoms with Crippen LogP contribution in [0.5, 0.6) is 5.75 Å². The predicted octanol–water partition coefficient (Wildman–Crippen LogP) is 3.12.